The first kappa shape index (κ1) is 21.4. The first-order chi connectivity index (χ1) is 14.6. The van der Waals surface area contributed by atoms with E-state index in [9.17, 15) is 9.59 Å². The molecule has 1 saturated heterocycles. The van der Waals surface area contributed by atoms with E-state index in [4.69, 9.17) is 0 Å². The van der Waals surface area contributed by atoms with Gasteiger partial charge in [-0.2, -0.15) is 0 Å². The maximum absolute atomic E-state index is 13.2. The summed E-state index contributed by atoms with van der Waals surface area (Å²) >= 11 is 0. The molecule has 1 atom stereocenters. The highest BCUT2D eigenvalue weighted by molar-refractivity contribution is 5.94. The molecule has 1 heterocycles. The summed E-state index contributed by atoms with van der Waals surface area (Å²) in [7, 11) is 2.17. The van der Waals surface area contributed by atoms with Crippen molar-refractivity contribution in [2.24, 2.45) is 5.41 Å². The molecular formula is C25H37N3O2. The number of likely N-dealkylation sites (tertiary alicyclic amines) is 1. The molecule has 2 saturated carbocycles. The van der Waals surface area contributed by atoms with Gasteiger partial charge in [-0.1, -0.05) is 68.9 Å². The molecule has 3 aliphatic rings. The molecule has 1 aliphatic heterocycles. The van der Waals surface area contributed by atoms with Crippen molar-refractivity contribution in [1.82, 2.24) is 15.1 Å². The monoisotopic (exact) mass is 411 g/mol. The summed E-state index contributed by atoms with van der Waals surface area (Å²) in [6.07, 6.45) is 11.9. The molecule has 0 radical (unpaired) electrons. The lowest BCUT2D eigenvalue weighted by molar-refractivity contribution is -0.180. The summed E-state index contributed by atoms with van der Waals surface area (Å²) in [4.78, 5) is 30.1. The standard InChI is InChI=1S/C25H37N3O2/c1-27(21-13-7-3-8-14-21)18-17-26-22(29)19-28-23(20-11-5-2-6-12-20)25(24(28)30)15-9-4-10-16-25/h2,5-6,11-12,21,23H,3-4,7-10,13-19H2,1H3,(H,26,29). The van der Waals surface area contributed by atoms with E-state index in [1.807, 2.05) is 23.1 Å². The minimum atomic E-state index is -0.277. The van der Waals surface area contributed by atoms with Crippen LogP contribution in [0.15, 0.2) is 30.3 Å². The van der Waals surface area contributed by atoms with Crippen molar-refractivity contribution in [2.75, 3.05) is 26.7 Å². The number of nitrogens with zero attached hydrogens (tertiary/aromatic N) is 2. The molecule has 2 aliphatic carbocycles. The highest BCUT2D eigenvalue weighted by Crippen LogP contribution is 2.57. The van der Waals surface area contributed by atoms with E-state index >= 15 is 0 Å². The van der Waals surface area contributed by atoms with Gasteiger partial charge in [0, 0.05) is 19.1 Å². The molecule has 30 heavy (non-hydrogen) atoms. The van der Waals surface area contributed by atoms with E-state index in [-0.39, 0.29) is 29.8 Å². The van der Waals surface area contributed by atoms with Crippen LogP contribution in [0.2, 0.25) is 0 Å². The molecule has 3 fully saturated rings. The van der Waals surface area contributed by atoms with E-state index < -0.39 is 0 Å². The quantitative estimate of drug-likeness (QED) is 0.693. The second kappa shape index (κ2) is 9.51. The predicted molar refractivity (Wildman–Crippen MR) is 119 cm³/mol. The molecule has 1 spiro atoms. The molecule has 1 N–H and O–H groups in total. The van der Waals surface area contributed by atoms with Gasteiger partial charge in [0.05, 0.1) is 11.5 Å². The van der Waals surface area contributed by atoms with Crippen molar-refractivity contribution >= 4 is 11.8 Å². The van der Waals surface area contributed by atoms with Gasteiger partial charge in [-0.15, -0.1) is 0 Å². The van der Waals surface area contributed by atoms with Crippen molar-refractivity contribution in [3.63, 3.8) is 0 Å². The molecule has 1 aromatic rings. The number of hydrogen-bond acceptors (Lipinski definition) is 3. The lowest BCUT2D eigenvalue weighted by atomic mass is 9.60. The summed E-state index contributed by atoms with van der Waals surface area (Å²) < 4.78 is 0. The maximum atomic E-state index is 13.2. The van der Waals surface area contributed by atoms with Gasteiger partial charge in [-0.25, -0.2) is 0 Å². The summed E-state index contributed by atoms with van der Waals surface area (Å²) in [6.45, 7) is 1.69. The normalized spacial score (nSPS) is 24.1. The van der Waals surface area contributed by atoms with Crippen LogP contribution in [0.1, 0.15) is 75.8 Å². The fraction of sp³-hybridized carbons (Fsp3) is 0.680. The Morgan fingerprint density at radius 1 is 1.07 bits per heavy atom. The molecule has 5 nitrogen and oxygen atoms in total. The average molecular weight is 412 g/mol. The van der Waals surface area contributed by atoms with Crippen LogP contribution in [0.4, 0.5) is 0 Å². The topological polar surface area (TPSA) is 52.7 Å². The third-order valence-corrected chi connectivity index (χ3v) is 7.68. The highest BCUT2D eigenvalue weighted by atomic mass is 16.2. The Balaban J connectivity index is 1.33. The Bertz CT molecular complexity index is 723. The Kier molecular flexibility index (Phi) is 6.77. The van der Waals surface area contributed by atoms with Crippen LogP contribution in [0, 0.1) is 5.41 Å². The van der Waals surface area contributed by atoms with Crippen LogP contribution in [0.25, 0.3) is 0 Å². The van der Waals surface area contributed by atoms with Crippen molar-refractivity contribution in [3.8, 4) is 0 Å². The van der Waals surface area contributed by atoms with Gasteiger partial charge in [-0.05, 0) is 38.3 Å². The molecule has 0 bridgehead atoms. The van der Waals surface area contributed by atoms with Gasteiger partial charge < -0.3 is 15.1 Å². The largest absolute Gasteiger partial charge is 0.353 e. The average Bonchev–Trinajstić information content (AvgIpc) is 2.80. The van der Waals surface area contributed by atoms with Crippen molar-refractivity contribution in [3.05, 3.63) is 35.9 Å². The van der Waals surface area contributed by atoms with Gasteiger partial charge >= 0.3 is 0 Å². The van der Waals surface area contributed by atoms with E-state index in [2.05, 4.69) is 29.4 Å². The van der Waals surface area contributed by atoms with Gasteiger partial charge in [0.1, 0.15) is 6.54 Å². The zero-order valence-corrected chi connectivity index (χ0v) is 18.4. The smallest absolute Gasteiger partial charge is 0.239 e. The molecule has 1 aromatic carbocycles. The number of carbonyl (C=O) groups is 2. The molecular weight excluding hydrogens is 374 g/mol. The number of hydrogen-bond donors (Lipinski definition) is 1. The van der Waals surface area contributed by atoms with Crippen molar-refractivity contribution in [1.29, 1.82) is 0 Å². The van der Waals surface area contributed by atoms with Crippen LogP contribution in [-0.2, 0) is 9.59 Å². The minimum absolute atomic E-state index is 0.0352. The van der Waals surface area contributed by atoms with Crippen molar-refractivity contribution in [2.45, 2.75) is 76.3 Å². The van der Waals surface area contributed by atoms with Crippen LogP contribution in [-0.4, -0.2) is 54.3 Å². The van der Waals surface area contributed by atoms with Crippen LogP contribution in [0.5, 0.6) is 0 Å². The van der Waals surface area contributed by atoms with E-state index in [1.165, 1.54) is 44.1 Å². The highest BCUT2D eigenvalue weighted by Gasteiger charge is 2.60. The lowest BCUT2D eigenvalue weighted by Gasteiger charge is -2.58. The third kappa shape index (κ3) is 4.27. The Labute approximate surface area is 181 Å². The SMILES string of the molecule is CN(CCNC(=O)CN1C(=O)C2(CCCCC2)C1c1ccccc1)C1CCCCC1. The van der Waals surface area contributed by atoms with Gasteiger partial charge in [-0.3, -0.25) is 9.59 Å². The first-order valence-corrected chi connectivity index (χ1v) is 11.9. The third-order valence-electron chi connectivity index (χ3n) is 7.68. The number of nitrogens with one attached hydrogen (secondary N) is 1. The zero-order valence-electron chi connectivity index (χ0n) is 18.4. The van der Waals surface area contributed by atoms with E-state index in [0.717, 1.165) is 32.2 Å². The number of rotatable bonds is 7. The number of carbonyl (C=O) groups excluding carboxylic acids is 2. The Morgan fingerprint density at radius 2 is 1.73 bits per heavy atom. The molecule has 1 unspecified atom stereocenters. The molecule has 0 aromatic heterocycles. The van der Waals surface area contributed by atoms with Gasteiger partial charge in [0.2, 0.25) is 11.8 Å². The molecule has 5 heteroatoms. The Morgan fingerprint density at radius 3 is 2.43 bits per heavy atom. The number of likely N-dealkylation sites (N-methyl/N-ethyl adjacent to an activating group) is 1. The van der Waals surface area contributed by atoms with E-state index in [1.54, 1.807) is 0 Å². The lowest BCUT2D eigenvalue weighted by Crippen LogP contribution is -2.65. The van der Waals surface area contributed by atoms with Crippen LogP contribution < -0.4 is 5.32 Å². The fourth-order valence-electron chi connectivity index (χ4n) is 6.01. The maximum Gasteiger partial charge on any atom is 0.239 e. The minimum Gasteiger partial charge on any atom is -0.353 e. The summed E-state index contributed by atoms with van der Waals surface area (Å²) in [5.74, 6) is 0.150. The second-order valence-corrected chi connectivity index (χ2v) is 9.59. The second-order valence-electron chi connectivity index (χ2n) is 9.59. The summed E-state index contributed by atoms with van der Waals surface area (Å²) in [5.41, 5.74) is 0.894. The molecule has 4 rings (SSSR count). The molecule has 2 amide bonds. The van der Waals surface area contributed by atoms with Gasteiger partial charge in [0.25, 0.3) is 0 Å². The van der Waals surface area contributed by atoms with Crippen molar-refractivity contribution < 1.29 is 9.59 Å². The number of β-lactam (4-membered cyclic amide) rings is 1. The fourth-order valence-corrected chi connectivity index (χ4v) is 6.01. The van der Waals surface area contributed by atoms with Crippen LogP contribution >= 0.6 is 0 Å². The first-order valence-electron chi connectivity index (χ1n) is 11.9. The van der Waals surface area contributed by atoms with E-state index in [0.29, 0.717) is 12.6 Å². The summed E-state index contributed by atoms with van der Waals surface area (Å²) in [5, 5.41) is 3.06. The number of amides is 2. The zero-order chi connectivity index (χ0) is 21.0. The predicted octanol–water partition coefficient (Wildman–Crippen LogP) is 3.90. The van der Waals surface area contributed by atoms with Crippen LogP contribution in [0.3, 0.4) is 0 Å². The summed E-state index contributed by atoms with van der Waals surface area (Å²) in [6, 6.07) is 11.0. The molecule has 164 valence electrons. The Hall–Kier alpha value is -1.88. The van der Waals surface area contributed by atoms with Gasteiger partial charge in [0.15, 0.2) is 0 Å². The number of benzene rings is 1.